The summed E-state index contributed by atoms with van der Waals surface area (Å²) in [4.78, 5) is 0. The number of hydrogen-bond donors (Lipinski definition) is 2. The van der Waals surface area contributed by atoms with Gasteiger partial charge in [-0.3, -0.25) is 0 Å². The summed E-state index contributed by atoms with van der Waals surface area (Å²) in [6.45, 7) is 4.49. The molecule has 2 nitrogen and oxygen atoms in total. The maximum absolute atomic E-state index is 3.64. The Morgan fingerprint density at radius 3 is 2.17 bits per heavy atom. The van der Waals surface area contributed by atoms with Crippen molar-refractivity contribution in [3.63, 3.8) is 0 Å². The van der Waals surface area contributed by atoms with Crippen molar-refractivity contribution in [3.8, 4) is 0 Å². The normalized spacial score (nSPS) is 20.8. The number of fused-ring (bicyclic) bond motifs is 1. The van der Waals surface area contributed by atoms with E-state index in [1.807, 2.05) is 0 Å². The van der Waals surface area contributed by atoms with E-state index in [9.17, 15) is 0 Å². The summed E-state index contributed by atoms with van der Waals surface area (Å²) in [5.74, 6) is 0.535. The van der Waals surface area contributed by atoms with E-state index in [2.05, 4.69) is 67.7 Å². The van der Waals surface area contributed by atoms with E-state index < -0.39 is 0 Å². The highest BCUT2D eigenvalue weighted by molar-refractivity contribution is 5.61. The lowest BCUT2D eigenvalue weighted by molar-refractivity contribution is 0.672. The third-order valence-electron chi connectivity index (χ3n) is 3.79. The molecule has 2 aromatic rings. The van der Waals surface area contributed by atoms with Gasteiger partial charge in [-0.15, -0.1) is 0 Å². The van der Waals surface area contributed by atoms with Gasteiger partial charge in [-0.1, -0.05) is 49.4 Å². The Balaban J connectivity index is 0.00000120. The predicted molar refractivity (Wildman–Crippen MR) is 77.4 cm³/mol. The first-order valence-corrected chi connectivity index (χ1v) is 6.18. The number of nitrogens with one attached hydrogen (secondary N) is 1. The van der Waals surface area contributed by atoms with Crippen LogP contribution in [0.3, 0.4) is 0 Å². The molecular formula is C16H20N2. The first-order chi connectivity index (χ1) is 8.27. The van der Waals surface area contributed by atoms with Crippen molar-refractivity contribution in [1.82, 2.24) is 6.15 Å². The Bertz CT molecular complexity index is 548. The van der Waals surface area contributed by atoms with Crippen LogP contribution >= 0.6 is 0 Å². The molecule has 0 fully saturated rings. The fourth-order valence-electron chi connectivity index (χ4n) is 2.78. The summed E-state index contributed by atoms with van der Waals surface area (Å²) in [6.07, 6.45) is 0. The summed E-state index contributed by atoms with van der Waals surface area (Å²) < 4.78 is 0. The third-order valence-corrected chi connectivity index (χ3v) is 3.79. The molecule has 18 heavy (non-hydrogen) atoms. The molecule has 2 heteroatoms. The van der Waals surface area contributed by atoms with Gasteiger partial charge in [-0.2, -0.15) is 0 Å². The molecule has 0 saturated carbocycles. The molecule has 1 aliphatic heterocycles. The molecule has 1 aliphatic rings. The van der Waals surface area contributed by atoms with E-state index in [1.165, 1.54) is 22.4 Å². The predicted octanol–water partition coefficient (Wildman–Crippen LogP) is 4.43. The van der Waals surface area contributed by atoms with Crippen molar-refractivity contribution in [1.29, 1.82) is 0 Å². The molecule has 2 atom stereocenters. The molecule has 2 unspecified atom stereocenters. The summed E-state index contributed by atoms with van der Waals surface area (Å²) in [5.41, 5.74) is 5.50. The SMILES string of the molecule is Cc1ccccc1C1Nc2ccccc2C1C.N. The minimum absolute atomic E-state index is 0. The van der Waals surface area contributed by atoms with Gasteiger partial charge < -0.3 is 11.5 Å². The molecule has 0 amide bonds. The van der Waals surface area contributed by atoms with Crippen LogP contribution < -0.4 is 11.5 Å². The Morgan fingerprint density at radius 1 is 0.889 bits per heavy atom. The largest absolute Gasteiger partial charge is 0.377 e. The van der Waals surface area contributed by atoms with Crippen molar-refractivity contribution in [2.24, 2.45) is 0 Å². The average Bonchev–Trinajstić information content (AvgIpc) is 2.68. The number of anilines is 1. The molecule has 0 spiro atoms. The van der Waals surface area contributed by atoms with E-state index in [4.69, 9.17) is 0 Å². The topological polar surface area (TPSA) is 47.0 Å². The molecule has 4 N–H and O–H groups in total. The van der Waals surface area contributed by atoms with E-state index in [1.54, 1.807) is 0 Å². The fourth-order valence-corrected chi connectivity index (χ4v) is 2.78. The van der Waals surface area contributed by atoms with Crippen LogP contribution in [0.5, 0.6) is 0 Å². The number of hydrogen-bond acceptors (Lipinski definition) is 2. The molecule has 94 valence electrons. The monoisotopic (exact) mass is 240 g/mol. The minimum Gasteiger partial charge on any atom is -0.377 e. The third kappa shape index (κ3) is 1.89. The van der Waals surface area contributed by atoms with Crippen molar-refractivity contribution in [3.05, 3.63) is 65.2 Å². The van der Waals surface area contributed by atoms with Gasteiger partial charge in [0.15, 0.2) is 0 Å². The summed E-state index contributed by atoms with van der Waals surface area (Å²) in [6, 6.07) is 17.7. The number of rotatable bonds is 1. The van der Waals surface area contributed by atoms with Crippen LogP contribution in [0.25, 0.3) is 0 Å². The van der Waals surface area contributed by atoms with E-state index >= 15 is 0 Å². The van der Waals surface area contributed by atoms with Crippen LogP contribution in [-0.4, -0.2) is 0 Å². The Labute approximate surface area is 109 Å². The first kappa shape index (κ1) is 12.7. The zero-order valence-corrected chi connectivity index (χ0v) is 11.0. The minimum atomic E-state index is 0. The lowest BCUT2D eigenvalue weighted by Crippen LogP contribution is -2.10. The average molecular weight is 240 g/mol. The maximum atomic E-state index is 3.64. The lowest BCUT2D eigenvalue weighted by Gasteiger charge is -2.19. The van der Waals surface area contributed by atoms with Crippen molar-refractivity contribution in [2.45, 2.75) is 25.8 Å². The van der Waals surface area contributed by atoms with Crippen LogP contribution in [0.4, 0.5) is 5.69 Å². The van der Waals surface area contributed by atoms with Crippen molar-refractivity contribution < 1.29 is 0 Å². The summed E-state index contributed by atoms with van der Waals surface area (Å²) in [7, 11) is 0. The summed E-state index contributed by atoms with van der Waals surface area (Å²) >= 11 is 0. The van der Waals surface area contributed by atoms with Gasteiger partial charge >= 0.3 is 0 Å². The zero-order chi connectivity index (χ0) is 11.8. The fraction of sp³-hybridized carbons (Fsp3) is 0.250. The highest BCUT2D eigenvalue weighted by atomic mass is 15.0. The molecule has 0 radical (unpaired) electrons. The number of aryl methyl sites for hydroxylation is 1. The standard InChI is InChI=1S/C16H17N.H3N/c1-11-7-3-4-8-13(11)16-12(2)14-9-5-6-10-15(14)17-16;/h3-10,12,16-17H,1-2H3;1H3. The first-order valence-electron chi connectivity index (χ1n) is 6.18. The van der Waals surface area contributed by atoms with Gasteiger partial charge in [-0.05, 0) is 29.7 Å². The van der Waals surface area contributed by atoms with Gasteiger partial charge in [0, 0.05) is 11.6 Å². The second-order valence-corrected chi connectivity index (χ2v) is 4.85. The highest BCUT2D eigenvalue weighted by Crippen LogP contribution is 2.44. The molecule has 3 rings (SSSR count). The molecule has 0 aliphatic carbocycles. The maximum Gasteiger partial charge on any atom is 0.0583 e. The Morgan fingerprint density at radius 2 is 1.50 bits per heavy atom. The second-order valence-electron chi connectivity index (χ2n) is 4.85. The highest BCUT2D eigenvalue weighted by Gasteiger charge is 2.29. The smallest absolute Gasteiger partial charge is 0.0583 e. The van der Waals surface area contributed by atoms with Crippen LogP contribution in [0, 0.1) is 6.92 Å². The van der Waals surface area contributed by atoms with Gasteiger partial charge in [0.2, 0.25) is 0 Å². The van der Waals surface area contributed by atoms with Crippen molar-refractivity contribution >= 4 is 5.69 Å². The Kier molecular flexibility index (Phi) is 3.39. The Hall–Kier alpha value is -1.80. The quantitative estimate of drug-likeness (QED) is 0.774. The molecular weight excluding hydrogens is 220 g/mol. The van der Waals surface area contributed by atoms with Crippen LogP contribution in [0.1, 0.15) is 35.6 Å². The summed E-state index contributed by atoms with van der Waals surface area (Å²) in [5, 5.41) is 3.64. The lowest BCUT2D eigenvalue weighted by atomic mass is 9.90. The molecule has 1 heterocycles. The van der Waals surface area contributed by atoms with Crippen LogP contribution in [0.2, 0.25) is 0 Å². The van der Waals surface area contributed by atoms with Gasteiger partial charge in [0.1, 0.15) is 0 Å². The van der Waals surface area contributed by atoms with Crippen LogP contribution in [0.15, 0.2) is 48.5 Å². The number of benzene rings is 2. The van der Waals surface area contributed by atoms with Crippen LogP contribution in [-0.2, 0) is 0 Å². The molecule has 0 bridgehead atoms. The van der Waals surface area contributed by atoms with Gasteiger partial charge in [0.25, 0.3) is 0 Å². The second kappa shape index (κ2) is 4.83. The van der Waals surface area contributed by atoms with Crippen molar-refractivity contribution in [2.75, 3.05) is 5.32 Å². The molecule has 0 aromatic heterocycles. The molecule has 2 aromatic carbocycles. The zero-order valence-electron chi connectivity index (χ0n) is 11.0. The number of para-hydroxylation sites is 1. The van der Waals surface area contributed by atoms with Gasteiger partial charge in [-0.25, -0.2) is 0 Å². The van der Waals surface area contributed by atoms with Gasteiger partial charge in [0.05, 0.1) is 6.04 Å². The van der Waals surface area contributed by atoms with E-state index in [-0.39, 0.29) is 6.15 Å². The van der Waals surface area contributed by atoms with E-state index in [0.29, 0.717) is 12.0 Å². The molecule has 0 saturated heterocycles. The van der Waals surface area contributed by atoms with E-state index in [0.717, 1.165) is 0 Å².